The Morgan fingerprint density at radius 2 is 1.90 bits per heavy atom. The third kappa shape index (κ3) is 3.78. The SMILES string of the molecule is CCN(CC)c1ccc(NC(=O)Cn2nc(C)c3c(-c4ccco4)ccnc32)cc1. The number of hydrogen-bond donors (Lipinski definition) is 1. The van der Waals surface area contributed by atoms with E-state index in [1.807, 2.05) is 49.4 Å². The Bertz CT molecular complexity index is 1140. The molecule has 7 nitrogen and oxygen atoms in total. The van der Waals surface area contributed by atoms with Crippen LogP contribution in [-0.4, -0.2) is 33.8 Å². The number of nitrogens with zero attached hydrogens (tertiary/aromatic N) is 4. The van der Waals surface area contributed by atoms with Crippen LogP contribution in [0.2, 0.25) is 0 Å². The molecule has 0 aliphatic rings. The highest BCUT2D eigenvalue weighted by Gasteiger charge is 2.17. The Kier molecular flexibility index (Phi) is 5.52. The maximum atomic E-state index is 12.7. The average Bonchev–Trinajstić information content (AvgIpc) is 3.39. The summed E-state index contributed by atoms with van der Waals surface area (Å²) in [6.45, 7) is 8.14. The smallest absolute Gasteiger partial charge is 0.246 e. The maximum absolute atomic E-state index is 12.7. The lowest BCUT2D eigenvalue weighted by Gasteiger charge is -2.21. The molecule has 30 heavy (non-hydrogen) atoms. The topological polar surface area (TPSA) is 76.2 Å². The Morgan fingerprint density at radius 3 is 2.57 bits per heavy atom. The number of hydrogen-bond acceptors (Lipinski definition) is 5. The highest BCUT2D eigenvalue weighted by Crippen LogP contribution is 2.30. The van der Waals surface area contributed by atoms with Crippen molar-refractivity contribution in [3.8, 4) is 11.3 Å². The molecule has 1 amide bonds. The zero-order chi connectivity index (χ0) is 21.1. The van der Waals surface area contributed by atoms with Gasteiger partial charge in [0.25, 0.3) is 0 Å². The van der Waals surface area contributed by atoms with Crippen LogP contribution in [0.5, 0.6) is 0 Å². The molecule has 0 aliphatic heterocycles. The van der Waals surface area contributed by atoms with Crippen molar-refractivity contribution in [2.75, 3.05) is 23.3 Å². The Balaban J connectivity index is 1.53. The molecule has 1 aromatic carbocycles. The van der Waals surface area contributed by atoms with Crippen LogP contribution in [0.4, 0.5) is 11.4 Å². The molecule has 3 heterocycles. The minimum absolute atomic E-state index is 0.0801. The first kappa shape index (κ1) is 19.7. The van der Waals surface area contributed by atoms with Crippen LogP contribution in [0.25, 0.3) is 22.4 Å². The summed E-state index contributed by atoms with van der Waals surface area (Å²) in [6, 6.07) is 13.5. The number of carbonyl (C=O) groups is 1. The lowest BCUT2D eigenvalue weighted by atomic mass is 10.1. The van der Waals surface area contributed by atoms with E-state index >= 15 is 0 Å². The van der Waals surface area contributed by atoms with Gasteiger partial charge in [-0.15, -0.1) is 0 Å². The molecule has 7 heteroatoms. The van der Waals surface area contributed by atoms with Crippen molar-refractivity contribution in [1.82, 2.24) is 14.8 Å². The lowest BCUT2D eigenvalue weighted by Crippen LogP contribution is -2.22. The van der Waals surface area contributed by atoms with Gasteiger partial charge < -0.3 is 14.6 Å². The molecule has 0 bridgehead atoms. The molecule has 1 N–H and O–H groups in total. The Hall–Kier alpha value is -3.61. The molecule has 0 unspecified atom stereocenters. The van der Waals surface area contributed by atoms with Crippen LogP contribution in [0.3, 0.4) is 0 Å². The first-order valence-electron chi connectivity index (χ1n) is 10.1. The predicted octanol–water partition coefficient (Wildman–Crippen LogP) is 4.48. The zero-order valence-electron chi connectivity index (χ0n) is 17.4. The van der Waals surface area contributed by atoms with Crippen LogP contribution in [-0.2, 0) is 11.3 Å². The molecule has 0 fully saturated rings. The number of pyridine rings is 1. The summed E-state index contributed by atoms with van der Waals surface area (Å²) < 4.78 is 7.18. The van der Waals surface area contributed by atoms with E-state index in [1.165, 1.54) is 0 Å². The van der Waals surface area contributed by atoms with Crippen LogP contribution < -0.4 is 10.2 Å². The van der Waals surface area contributed by atoms with Crippen molar-refractivity contribution in [3.05, 3.63) is 60.6 Å². The predicted molar refractivity (Wildman–Crippen MR) is 119 cm³/mol. The maximum Gasteiger partial charge on any atom is 0.246 e. The molecule has 154 valence electrons. The highest BCUT2D eigenvalue weighted by atomic mass is 16.3. The minimum Gasteiger partial charge on any atom is -0.464 e. The van der Waals surface area contributed by atoms with Gasteiger partial charge in [0.1, 0.15) is 12.3 Å². The second-order valence-electron chi connectivity index (χ2n) is 7.04. The van der Waals surface area contributed by atoms with Crippen molar-refractivity contribution in [2.45, 2.75) is 27.3 Å². The molecule has 0 spiro atoms. The van der Waals surface area contributed by atoms with E-state index in [2.05, 4.69) is 34.1 Å². The third-order valence-corrected chi connectivity index (χ3v) is 5.17. The highest BCUT2D eigenvalue weighted by molar-refractivity contribution is 5.95. The van der Waals surface area contributed by atoms with E-state index in [0.29, 0.717) is 5.65 Å². The molecule has 4 rings (SSSR count). The summed E-state index contributed by atoms with van der Waals surface area (Å²) in [5.74, 6) is 0.600. The average molecular weight is 403 g/mol. The van der Waals surface area contributed by atoms with E-state index < -0.39 is 0 Å². The molecule has 0 atom stereocenters. The molecular formula is C23H25N5O2. The van der Waals surface area contributed by atoms with E-state index in [1.54, 1.807) is 17.1 Å². The lowest BCUT2D eigenvalue weighted by molar-refractivity contribution is -0.116. The second-order valence-corrected chi connectivity index (χ2v) is 7.04. The van der Waals surface area contributed by atoms with Gasteiger partial charge in [0, 0.05) is 36.2 Å². The number of aromatic nitrogens is 3. The summed E-state index contributed by atoms with van der Waals surface area (Å²) in [5, 5.41) is 8.38. The number of furan rings is 1. The van der Waals surface area contributed by atoms with Gasteiger partial charge in [-0.3, -0.25) is 4.79 Å². The van der Waals surface area contributed by atoms with E-state index in [9.17, 15) is 4.79 Å². The minimum atomic E-state index is -0.153. The first-order valence-corrected chi connectivity index (χ1v) is 10.1. The summed E-state index contributed by atoms with van der Waals surface area (Å²) in [6.07, 6.45) is 3.35. The zero-order valence-corrected chi connectivity index (χ0v) is 17.4. The van der Waals surface area contributed by atoms with Gasteiger partial charge in [0.2, 0.25) is 5.91 Å². The molecule has 0 saturated carbocycles. The molecule has 3 aromatic heterocycles. The fourth-order valence-corrected chi connectivity index (χ4v) is 3.71. The second kappa shape index (κ2) is 8.41. The van der Waals surface area contributed by atoms with Crippen LogP contribution in [0.1, 0.15) is 19.5 Å². The standard InChI is InChI=1S/C23H25N5O2/c1-4-27(5-2)18-10-8-17(9-11-18)25-21(29)15-28-23-22(16(3)26-28)19(12-13-24-23)20-7-6-14-30-20/h6-14H,4-5,15H2,1-3H3,(H,25,29). The van der Waals surface area contributed by atoms with E-state index in [4.69, 9.17) is 4.42 Å². The molecular weight excluding hydrogens is 378 g/mol. The Labute approximate surface area is 175 Å². The van der Waals surface area contributed by atoms with Crippen LogP contribution >= 0.6 is 0 Å². The summed E-state index contributed by atoms with van der Waals surface area (Å²) in [4.78, 5) is 19.4. The molecule has 0 radical (unpaired) electrons. The van der Waals surface area contributed by atoms with Crippen LogP contribution in [0, 0.1) is 6.92 Å². The van der Waals surface area contributed by atoms with Gasteiger partial charge in [-0.25, -0.2) is 9.67 Å². The van der Waals surface area contributed by atoms with Gasteiger partial charge in [0.15, 0.2) is 5.65 Å². The summed E-state index contributed by atoms with van der Waals surface area (Å²) in [7, 11) is 0. The molecule has 0 saturated heterocycles. The third-order valence-electron chi connectivity index (χ3n) is 5.17. The number of aryl methyl sites for hydroxylation is 1. The van der Waals surface area contributed by atoms with Gasteiger partial charge in [0.05, 0.1) is 17.3 Å². The molecule has 4 aromatic rings. The van der Waals surface area contributed by atoms with Gasteiger partial charge in [-0.05, 0) is 63.2 Å². The van der Waals surface area contributed by atoms with Gasteiger partial charge in [-0.1, -0.05) is 0 Å². The number of fused-ring (bicyclic) bond motifs is 1. The van der Waals surface area contributed by atoms with Gasteiger partial charge in [-0.2, -0.15) is 5.10 Å². The normalized spacial score (nSPS) is 11.0. The number of benzene rings is 1. The van der Waals surface area contributed by atoms with Crippen molar-refractivity contribution in [3.63, 3.8) is 0 Å². The van der Waals surface area contributed by atoms with E-state index in [0.717, 1.165) is 46.9 Å². The number of amides is 1. The first-order chi connectivity index (χ1) is 14.6. The number of anilines is 2. The monoisotopic (exact) mass is 403 g/mol. The number of nitrogens with one attached hydrogen (secondary N) is 1. The quantitative estimate of drug-likeness (QED) is 0.492. The van der Waals surface area contributed by atoms with Gasteiger partial charge >= 0.3 is 0 Å². The fourth-order valence-electron chi connectivity index (χ4n) is 3.71. The van der Waals surface area contributed by atoms with Crippen molar-refractivity contribution < 1.29 is 9.21 Å². The summed E-state index contributed by atoms with van der Waals surface area (Å²) >= 11 is 0. The van der Waals surface area contributed by atoms with Crippen molar-refractivity contribution in [1.29, 1.82) is 0 Å². The molecule has 0 aliphatic carbocycles. The number of carbonyl (C=O) groups excluding carboxylic acids is 1. The van der Waals surface area contributed by atoms with Crippen molar-refractivity contribution in [2.24, 2.45) is 0 Å². The van der Waals surface area contributed by atoms with Crippen molar-refractivity contribution >= 4 is 28.3 Å². The van der Waals surface area contributed by atoms with E-state index in [-0.39, 0.29) is 12.5 Å². The number of rotatable bonds is 7. The Morgan fingerprint density at radius 1 is 1.13 bits per heavy atom. The van der Waals surface area contributed by atoms with Crippen LogP contribution in [0.15, 0.2) is 59.3 Å². The summed E-state index contributed by atoms with van der Waals surface area (Å²) in [5.41, 5.74) is 4.28. The fraction of sp³-hybridized carbons (Fsp3) is 0.261. The largest absolute Gasteiger partial charge is 0.464 e.